The number of nitrogens with zero attached hydrogens (tertiary/aromatic N) is 2. The molecule has 0 fully saturated rings. The number of amides is 2. The first kappa shape index (κ1) is 12.8. The molecule has 7 nitrogen and oxygen atoms in total. The van der Waals surface area contributed by atoms with Gasteiger partial charge in [-0.2, -0.15) is 0 Å². The summed E-state index contributed by atoms with van der Waals surface area (Å²) in [6.45, 7) is -0.147. The Balaban J connectivity index is 2.94. The van der Waals surface area contributed by atoms with Crippen LogP contribution in [-0.2, 0) is 9.59 Å². The second-order valence-corrected chi connectivity index (χ2v) is 3.44. The van der Waals surface area contributed by atoms with Crippen molar-refractivity contribution in [3.63, 3.8) is 0 Å². The first-order valence-corrected chi connectivity index (χ1v) is 4.98. The molecule has 0 aliphatic rings. The Morgan fingerprint density at radius 3 is 2.41 bits per heavy atom. The van der Waals surface area contributed by atoms with Crippen LogP contribution in [0.15, 0.2) is 18.3 Å². The molecule has 1 heterocycles. The number of pyridine rings is 1. The Kier molecular flexibility index (Phi) is 4.27. The van der Waals surface area contributed by atoms with E-state index in [1.807, 2.05) is 0 Å². The molecule has 0 atom stereocenters. The molecule has 0 spiro atoms. The minimum atomic E-state index is -0.533. The van der Waals surface area contributed by atoms with E-state index in [1.165, 1.54) is 4.90 Å². The summed E-state index contributed by atoms with van der Waals surface area (Å²) >= 11 is 0. The van der Waals surface area contributed by atoms with Gasteiger partial charge in [-0.05, 0) is 6.07 Å². The van der Waals surface area contributed by atoms with Gasteiger partial charge < -0.3 is 21.7 Å². The maximum absolute atomic E-state index is 10.9. The summed E-state index contributed by atoms with van der Waals surface area (Å²) in [5, 5.41) is 2.86. The summed E-state index contributed by atoms with van der Waals surface area (Å²) in [6.07, 6.45) is 1.57. The standard InChI is InChI=1S/C10H15N5O2/c1-13-10-4-7(2-3-14-10)15(5-8(11)16)6-9(12)17/h2-4H,5-6H2,1H3,(H2,11,16)(H2,12,17)(H,13,14). The van der Waals surface area contributed by atoms with Gasteiger partial charge in [-0.1, -0.05) is 0 Å². The van der Waals surface area contributed by atoms with Crippen molar-refractivity contribution in [3.05, 3.63) is 18.3 Å². The van der Waals surface area contributed by atoms with Crippen LogP contribution in [0.4, 0.5) is 11.5 Å². The number of nitrogens with one attached hydrogen (secondary N) is 1. The number of hydrogen-bond acceptors (Lipinski definition) is 5. The zero-order valence-electron chi connectivity index (χ0n) is 9.51. The average Bonchev–Trinajstić information content (AvgIpc) is 2.27. The van der Waals surface area contributed by atoms with E-state index in [9.17, 15) is 9.59 Å². The van der Waals surface area contributed by atoms with Gasteiger partial charge in [0.1, 0.15) is 5.82 Å². The fourth-order valence-electron chi connectivity index (χ4n) is 1.37. The topological polar surface area (TPSA) is 114 Å². The van der Waals surface area contributed by atoms with Crippen LogP contribution < -0.4 is 21.7 Å². The fourth-order valence-corrected chi connectivity index (χ4v) is 1.37. The fraction of sp³-hybridized carbons (Fsp3) is 0.300. The van der Waals surface area contributed by atoms with Crippen molar-refractivity contribution in [2.24, 2.45) is 11.5 Å². The van der Waals surface area contributed by atoms with E-state index in [2.05, 4.69) is 10.3 Å². The van der Waals surface area contributed by atoms with Crippen LogP contribution >= 0.6 is 0 Å². The Hall–Kier alpha value is -2.31. The molecule has 0 saturated carbocycles. The van der Waals surface area contributed by atoms with E-state index < -0.39 is 11.8 Å². The average molecular weight is 237 g/mol. The third-order valence-electron chi connectivity index (χ3n) is 2.06. The van der Waals surface area contributed by atoms with Gasteiger partial charge in [0.15, 0.2) is 0 Å². The number of carbonyl (C=O) groups excluding carboxylic acids is 2. The first-order valence-electron chi connectivity index (χ1n) is 4.98. The lowest BCUT2D eigenvalue weighted by Gasteiger charge is -2.21. The lowest BCUT2D eigenvalue weighted by atomic mass is 10.3. The van der Waals surface area contributed by atoms with Gasteiger partial charge in [0.2, 0.25) is 11.8 Å². The van der Waals surface area contributed by atoms with Gasteiger partial charge in [0.25, 0.3) is 0 Å². The molecule has 0 aliphatic heterocycles. The van der Waals surface area contributed by atoms with Crippen molar-refractivity contribution in [1.29, 1.82) is 0 Å². The lowest BCUT2D eigenvalue weighted by Crippen LogP contribution is -2.39. The first-order chi connectivity index (χ1) is 8.02. The largest absolute Gasteiger partial charge is 0.373 e. The molecule has 0 bridgehead atoms. The van der Waals surface area contributed by atoms with Crippen molar-refractivity contribution >= 4 is 23.3 Å². The minimum Gasteiger partial charge on any atom is -0.373 e. The second-order valence-electron chi connectivity index (χ2n) is 3.44. The SMILES string of the molecule is CNc1cc(N(CC(N)=O)CC(N)=O)ccn1. The van der Waals surface area contributed by atoms with Crippen molar-refractivity contribution < 1.29 is 9.59 Å². The molecule has 0 saturated heterocycles. The van der Waals surface area contributed by atoms with E-state index in [0.717, 1.165) is 0 Å². The number of nitrogens with two attached hydrogens (primary N) is 2. The summed E-state index contributed by atoms with van der Waals surface area (Å²) < 4.78 is 0. The summed E-state index contributed by atoms with van der Waals surface area (Å²) in [5.74, 6) is -0.440. The third kappa shape index (κ3) is 3.98. The van der Waals surface area contributed by atoms with Crippen molar-refractivity contribution in [2.75, 3.05) is 30.4 Å². The van der Waals surface area contributed by atoms with Crippen LogP contribution in [0.3, 0.4) is 0 Å². The van der Waals surface area contributed by atoms with Gasteiger partial charge in [0, 0.05) is 25.0 Å². The van der Waals surface area contributed by atoms with Crippen LogP contribution in [0, 0.1) is 0 Å². The molecule has 5 N–H and O–H groups in total. The zero-order valence-corrected chi connectivity index (χ0v) is 9.51. The molecule has 0 radical (unpaired) electrons. The molecule has 92 valence electrons. The van der Waals surface area contributed by atoms with Crippen molar-refractivity contribution in [2.45, 2.75) is 0 Å². The summed E-state index contributed by atoms with van der Waals surface area (Å²) in [6, 6.07) is 3.37. The third-order valence-corrected chi connectivity index (χ3v) is 2.06. The number of primary amides is 2. The Morgan fingerprint density at radius 2 is 1.94 bits per heavy atom. The molecule has 1 rings (SSSR count). The second kappa shape index (κ2) is 5.69. The molecular formula is C10H15N5O2. The molecular weight excluding hydrogens is 222 g/mol. The summed E-state index contributed by atoms with van der Waals surface area (Å²) in [4.78, 5) is 27.4. The van der Waals surface area contributed by atoms with Crippen LogP contribution in [0.1, 0.15) is 0 Å². The molecule has 1 aromatic heterocycles. The van der Waals surface area contributed by atoms with E-state index in [0.29, 0.717) is 11.5 Å². The van der Waals surface area contributed by atoms with Crippen molar-refractivity contribution in [3.8, 4) is 0 Å². The maximum Gasteiger partial charge on any atom is 0.236 e. The quantitative estimate of drug-likeness (QED) is 0.581. The lowest BCUT2D eigenvalue weighted by molar-refractivity contribution is -0.117. The highest BCUT2D eigenvalue weighted by molar-refractivity contribution is 5.85. The smallest absolute Gasteiger partial charge is 0.236 e. The Labute approximate surface area is 98.8 Å². The van der Waals surface area contributed by atoms with E-state index in [4.69, 9.17) is 11.5 Å². The van der Waals surface area contributed by atoms with Crippen LogP contribution in [0.5, 0.6) is 0 Å². The van der Waals surface area contributed by atoms with Gasteiger partial charge in [0.05, 0.1) is 13.1 Å². The highest BCUT2D eigenvalue weighted by Crippen LogP contribution is 2.16. The molecule has 0 aromatic carbocycles. The molecule has 2 amide bonds. The molecule has 17 heavy (non-hydrogen) atoms. The van der Waals surface area contributed by atoms with Crippen molar-refractivity contribution in [1.82, 2.24) is 4.98 Å². The predicted octanol–water partition coefficient (Wildman–Crippen LogP) is -1.10. The van der Waals surface area contributed by atoms with Crippen LogP contribution in [0.2, 0.25) is 0 Å². The summed E-state index contributed by atoms with van der Waals surface area (Å²) in [7, 11) is 1.72. The maximum atomic E-state index is 10.9. The van der Waals surface area contributed by atoms with Gasteiger partial charge in [-0.15, -0.1) is 0 Å². The Morgan fingerprint density at radius 1 is 1.35 bits per heavy atom. The number of anilines is 2. The van der Waals surface area contributed by atoms with Crippen LogP contribution in [-0.4, -0.2) is 36.9 Å². The van der Waals surface area contributed by atoms with Gasteiger partial charge >= 0.3 is 0 Å². The highest BCUT2D eigenvalue weighted by atomic mass is 16.2. The van der Waals surface area contributed by atoms with E-state index in [-0.39, 0.29) is 13.1 Å². The molecule has 7 heteroatoms. The predicted molar refractivity (Wildman–Crippen MR) is 64.4 cm³/mol. The van der Waals surface area contributed by atoms with Crippen LogP contribution in [0.25, 0.3) is 0 Å². The number of rotatable bonds is 6. The number of aromatic nitrogens is 1. The highest BCUT2D eigenvalue weighted by Gasteiger charge is 2.12. The Bertz CT molecular complexity index is 405. The van der Waals surface area contributed by atoms with Gasteiger partial charge in [-0.25, -0.2) is 4.98 Å². The molecule has 1 aromatic rings. The van der Waals surface area contributed by atoms with E-state index in [1.54, 1.807) is 25.4 Å². The zero-order chi connectivity index (χ0) is 12.8. The minimum absolute atomic E-state index is 0.0733. The number of hydrogen-bond donors (Lipinski definition) is 3. The molecule has 0 aliphatic carbocycles. The summed E-state index contributed by atoms with van der Waals surface area (Å²) in [5.41, 5.74) is 10.9. The number of carbonyl (C=O) groups is 2. The normalized spacial score (nSPS) is 9.71. The molecule has 0 unspecified atom stereocenters. The monoisotopic (exact) mass is 237 g/mol. The van der Waals surface area contributed by atoms with Gasteiger partial charge in [-0.3, -0.25) is 9.59 Å². The van der Waals surface area contributed by atoms with E-state index >= 15 is 0 Å².